The number of carbonyl (C=O) groups is 2. The quantitative estimate of drug-likeness (QED) is 0.656. The lowest BCUT2D eigenvalue weighted by atomic mass is 10.0. The maximum Gasteiger partial charge on any atom is 0.330 e. The van der Waals surface area contributed by atoms with E-state index in [0.29, 0.717) is 29.9 Å². The Labute approximate surface area is 115 Å². The van der Waals surface area contributed by atoms with Crippen LogP contribution in [0.5, 0.6) is 0 Å². The molecule has 0 aromatic carbocycles. The summed E-state index contributed by atoms with van der Waals surface area (Å²) in [5, 5.41) is 16.7. The van der Waals surface area contributed by atoms with E-state index in [1.54, 1.807) is 0 Å². The van der Waals surface area contributed by atoms with Crippen LogP contribution in [0, 0.1) is 5.92 Å². The number of unbranched alkanes of at least 4 members (excludes halogenated alkanes) is 1. The standard InChI is InChI=1S/C8H14O2.C7H12O2/c1-6(2)4-5-7(3)8(9)10;1-3-4-5-6(2)7(8)9/h6H,3-5H2,1-2H3,(H,9,10);2-5H2,1H3,(H,8,9). The van der Waals surface area contributed by atoms with Crippen molar-refractivity contribution >= 4 is 11.9 Å². The zero-order valence-electron chi connectivity index (χ0n) is 12.2. The smallest absolute Gasteiger partial charge is 0.330 e. The lowest BCUT2D eigenvalue weighted by molar-refractivity contribution is -0.133. The van der Waals surface area contributed by atoms with Gasteiger partial charge in [-0.05, 0) is 31.6 Å². The average molecular weight is 270 g/mol. The molecule has 0 aliphatic heterocycles. The van der Waals surface area contributed by atoms with Crippen LogP contribution in [-0.2, 0) is 9.59 Å². The Morgan fingerprint density at radius 3 is 1.74 bits per heavy atom. The van der Waals surface area contributed by atoms with Gasteiger partial charge < -0.3 is 10.2 Å². The van der Waals surface area contributed by atoms with Crippen molar-refractivity contribution in [3.8, 4) is 0 Å². The van der Waals surface area contributed by atoms with Gasteiger partial charge in [-0.15, -0.1) is 0 Å². The fourth-order valence-corrected chi connectivity index (χ4v) is 1.07. The first-order valence-corrected chi connectivity index (χ1v) is 6.54. The highest BCUT2D eigenvalue weighted by Crippen LogP contribution is 2.09. The highest BCUT2D eigenvalue weighted by Gasteiger charge is 2.03. The number of aliphatic carboxylic acids is 2. The molecule has 4 heteroatoms. The summed E-state index contributed by atoms with van der Waals surface area (Å²) in [5.41, 5.74) is 0.630. The first-order chi connectivity index (χ1) is 8.72. The number of hydrogen-bond donors (Lipinski definition) is 2. The molecule has 19 heavy (non-hydrogen) atoms. The normalized spacial score (nSPS) is 9.47. The molecule has 0 spiro atoms. The number of carboxylic acids is 2. The summed E-state index contributed by atoms with van der Waals surface area (Å²) in [5.74, 6) is -1.19. The predicted octanol–water partition coefficient (Wildman–Crippen LogP) is 3.88. The van der Waals surface area contributed by atoms with E-state index < -0.39 is 11.9 Å². The van der Waals surface area contributed by atoms with Crippen LogP contribution in [0.4, 0.5) is 0 Å². The van der Waals surface area contributed by atoms with Gasteiger partial charge in [0, 0.05) is 11.1 Å². The second kappa shape index (κ2) is 11.5. The SMILES string of the molecule is C=C(CCC(C)C)C(=O)O.C=C(CCCC)C(=O)O. The maximum atomic E-state index is 10.2. The molecule has 0 radical (unpaired) electrons. The van der Waals surface area contributed by atoms with E-state index in [9.17, 15) is 9.59 Å². The van der Waals surface area contributed by atoms with E-state index in [-0.39, 0.29) is 0 Å². The molecule has 0 bridgehead atoms. The van der Waals surface area contributed by atoms with Crippen molar-refractivity contribution in [2.75, 3.05) is 0 Å². The molecular formula is C15H26O4. The van der Waals surface area contributed by atoms with E-state index in [0.717, 1.165) is 19.3 Å². The Bertz CT molecular complexity index is 316. The van der Waals surface area contributed by atoms with Gasteiger partial charge in [0.1, 0.15) is 0 Å². The van der Waals surface area contributed by atoms with Crippen LogP contribution in [0.3, 0.4) is 0 Å². The molecule has 0 saturated carbocycles. The van der Waals surface area contributed by atoms with Gasteiger partial charge in [-0.25, -0.2) is 9.59 Å². The van der Waals surface area contributed by atoms with Gasteiger partial charge >= 0.3 is 11.9 Å². The molecule has 0 aromatic rings. The summed E-state index contributed by atoms with van der Waals surface area (Å²) in [4.78, 5) is 20.3. The minimum Gasteiger partial charge on any atom is -0.478 e. The zero-order chi connectivity index (χ0) is 15.4. The van der Waals surface area contributed by atoms with Gasteiger partial charge in [0.2, 0.25) is 0 Å². The van der Waals surface area contributed by atoms with E-state index in [2.05, 4.69) is 27.0 Å². The largest absolute Gasteiger partial charge is 0.478 e. The molecule has 0 rings (SSSR count). The monoisotopic (exact) mass is 270 g/mol. The number of hydrogen-bond acceptors (Lipinski definition) is 2. The Hall–Kier alpha value is -1.58. The van der Waals surface area contributed by atoms with Crippen molar-refractivity contribution in [3.05, 3.63) is 24.3 Å². The lowest BCUT2D eigenvalue weighted by Crippen LogP contribution is -2.00. The average Bonchev–Trinajstić information content (AvgIpc) is 2.33. The van der Waals surface area contributed by atoms with Gasteiger partial charge in [-0.2, -0.15) is 0 Å². The highest BCUT2D eigenvalue weighted by molar-refractivity contribution is 5.85. The molecule has 0 unspecified atom stereocenters. The van der Waals surface area contributed by atoms with Crippen LogP contribution in [0.25, 0.3) is 0 Å². The molecule has 0 atom stereocenters. The zero-order valence-corrected chi connectivity index (χ0v) is 12.2. The topological polar surface area (TPSA) is 74.6 Å². The Morgan fingerprint density at radius 1 is 1.00 bits per heavy atom. The number of carboxylic acid groups (broad SMARTS) is 2. The van der Waals surface area contributed by atoms with Crippen molar-refractivity contribution in [3.63, 3.8) is 0 Å². The van der Waals surface area contributed by atoms with Gasteiger partial charge in [0.25, 0.3) is 0 Å². The molecule has 0 aliphatic rings. The molecule has 0 aliphatic carbocycles. The molecule has 110 valence electrons. The maximum absolute atomic E-state index is 10.2. The Morgan fingerprint density at radius 2 is 1.42 bits per heavy atom. The summed E-state index contributed by atoms with van der Waals surface area (Å²) in [6.45, 7) is 13.0. The first kappa shape index (κ1) is 19.8. The molecule has 0 amide bonds. The molecule has 2 N–H and O–H groups in total. The minimum absolute atomic E-state index is 0.314. The second-order valence-corrected chi connectivity index (χ2v) is 4.85. The molecule has 0 fully saturated rings. The van der Waals surface area contributed by atoms with Crippen LogP contribution < -0.4 is 0 Å². The van der Waals surface area contributed by atoms with Crippen molar-refractivity contribution in [2.45, 2.75) is 52.9 Å². The van der Waals surface area contributed by atoms with E-state index >= 15 is 0 Å². The minimum atomic E-state index is -0.874. The highest BCUT2D eigenvalue weighted by atomic mass is 16.4. The third-order valence-corrected chi connectivity index (χ3v) is 2.46. The van der Waals surface area contributed by atoms with Gasteiger partial charge in [-0.3, -0.25) is 0 Å². The summed E-state index contributed by atoms with van der Waals surface area (Å²) in [6, 6.07) is 0. The first-order valence-electron chi connectivity index (χ1n) is 6.54. The summed E-state index contributed by atoms with van der Waals surface area (Å²) in [6.07, 6.45) is 4.07. The molecule has 4 nitrogen and oxygen atoms in total. The lowest BCUT2D eigenvalue weighted by Gasteiger charge is -2.02. The van der Waals surface area contributed by atoms with Gasteiger partial charge in [0.05, 0.1) is 0 Å². The van der Waals surface area contributed by atoms with E-state index in [1.165, 1.54) is 0 Å². The molecule has 0 aromatic heterocycles. The van der Waals surface area contributed by atoms with Crippen molar-refractivity contribution in [2.24, 2.45) is 5.92 Å². The van der Waals surface area contributed by atoms with Crippen molar-refractivity contribution in [1.29, 1.82) is 0 Å². The van der Waals surface area contributed by atoms with Gasteiger partial charge in [0.15, 0.2) is 0 Å². The fourth-order valence-electron chi connectivity index (χ4n) is 1.07. The summed E-state index contributed by atoms with van der Waals surface area (Å²) < 4.78 is 0. The number of rotatable bonds is 8. The van der Waals surface area contributed by atoms with Crippen LogP contribution in [0.15, 0.2) is 24.3 Å². The van der Waals surface area contributed by atoms with Crippen LogP contribution in [0.2, 0.25) is 0 Å². The van der Waals surface area contributed by atoms with Gasteiger partial charge in [-0.1, -0.05) is 40.3 Å². The summed E-state index contributed by atoms with van der Waals surface area (Å²) in [7, 11) is 0. The van der Waals surface area contributed by atoms with Crippen molar-refractivity contribution < 1.29 is 19.8 Å². The predicted molar refractivity (Wildman–Crippen MR) is 77.1 cm³/mol. The Kier molecular flexibility index (Phi) is 12.0. The van der Waals surface area contributed by atoms with Crippen molar-refractivity contribution in [1.82, 2.24) is 0 Å². The molecule has 0 saturated heterocycles. The molecule has 0 heterocycles. The molecular weight excluding hydrogens is 244 g/mol. The van der Waals surface area contributed by atoms with Crippen LogP contribution in [0.1, 0.15) is 52.9 Å². The van der Waals surface area contributed by atoms with Crippen LogP contribution in [-0.4, -0.2) is 22.2 Å². The third-order valence-electron chi connectivity index (χ3n) is 2.46. The third kappa shape index (κ3) is 14.4. The van der Waals surface area contributed by atoms with E-state index in [4.69, 9.17) is 10.2 Å². The Balaban J connectivity index is 0. The second-order valence-electron chi connectivity index (χ2n) is 4.85. The summed E-state index contributed by atoms with van der Waals surface area (Å²) >= 11 is 0. The van der Waals surface area contributed by atoms with Crippen LogP contribution >= 0.6 is 0 Å². The fraction of sp³-hybridized carbons (Fsp3) is 0.600. The van der Waals surface area contributed by atoms with E-state index in [1.807, 2.05) is 6.92 Å².